The fraction of sp³-hybridized carbons (Fsp3) is 0.409. The first-order valence-corrected chi connectivity index (χ1v) is 10.2. The highest BCUT2D eigenvalue weighted by molar-refractivity contribution is 5.68. The molecule has 6 nitrogen and oxygen atoms in total. The van der Waals surface area contributed by atoms with E-state index >= 15 is 0 Å². The molecule has 160 valence electrons. The van der Waals surface area contributed by atoms with Crippen molar-refractivity contribution in [3.8, 4) is 5.75 Å². The number of aliphatic imine (C=N–C) groups is 1. The molecule has 0 bridgehead atoms. The molecule has 4 rings (SSSR count). The van der Waals surface area contributed by atoms with Crippen LogP contribution in [-0.2, 0) is 0 Å². The normalized spacial score (nSPS) is 19.8. The lowest BCUT2D eigenvalue weighted by Gasteiger charge is -2.36. The lowest BCUT2D eigenvalue weighted by atomic mass is 10.2. The van der Waals surface area contributed by atoms with Gasteiger partial charge in [0.15, 0.2) is 6.29 Å². The number of likely N-dealkylation sites (N-methyl/N-ethyl adjacent to an activating group) is 1. The fourth-order valence-electron chi connectivity index (χ4n) is 3.89. The maximum absolute atomic E-state index is 14.4. The van der Waals surface area contributed by atoms with Crippen LogP contribution in [0.25, 0.3) is 0 Å². The first-order chi connectivity index (χ1) is 14.6. The molecule has 0 amide bonds. The Morgan fingerprint density at radius 2 is 1.77 bits per heavy atom. The minimum atomic E-state index is -0.631. The molecule has 0 radical (unpaired) electrons. The van der Waals surface area contributed by atoms with E-state index in [0.29, 0.717) is 18.7 Å². The van der Waals surface area contributed by atoms with E-state index in [4.69, 9.17) is 4.74 Å². The maximum atomic E-state index is 14.4. The van der Waals surface area contributed by atoms with Gasteiger partial charge in [0.05, 0.1) is 12.8 Å². The molecule has 1 unspecified atom stereocenters. The number of halogens is 2. The Labute approximate surface area is 175 Å². The van der Waals surface area contributed by atoms with Gasteiger partial charge in [0.25, 0.3) is 0 Å². The summed E-state index contributed by atoms with van der Waals surface area (Å²) in [6.07, 6.45) is 1.76. The topological polar surface area (TPSA) is 43.3 Å². The molecule has 30 heavy (non-hydrogen) atoms. The van der Waals surface area contributed by atoms with Crippen LogP contribution in [0.5, 0.6) is 5.75 Å². The lowest BCUT2D eigenvalue weighted by Crippen LogP contribution is -2.44. The summed E-state index contributed by atoms with van der Waals surface area (Å²) in [6, 6.07) is 9.86. The third-order valence-electron chi connectivity index (χ3n) is 5.60. The molecule has 1 fully saturated rings. The Balaban J connectivity index is 1.57. The van der Waals surface area contributed by atoms with Gasteiger partial charge < -0.3 is 24.8 Å². The molecule has 0 aliphatic carbocycles. The number of para-hydroxylation sites is 1. The van der Waals surface area contributed by atoms with Crippen LogP contribution in [0.3, 0.4) is 0 Å². The average molecular weight is 415 g/mol. The number of methoxy groups -OCH3 is 1. The van der Waals surface area contributed by atoms with Crippen molar-refractivity contribution in [2.24, 2.45) is 4.99 Å². The molecule has 0 spiro atoms. The summed E-state index contributed by atoms with van der Waals surface area (Å²) in [5.74, 6) is -0.534. The third-order valence-corrected chi connectivity index (χ3v) is 5.60. The highest BCUT2D eigenvalue weighted by Crippen LogP contribution is 2.33. The summed E-state index contributed by atoms with van der Waals surface area (Å²) in [7, 11) is 3.74. The van der Waals surface area contributed by atoms with Crippen molar-refractivity contribution >= 4 is 23.3 Å². The number of hydrogen-bond donors (Lipinski definition) is 1. The summed E-state index contributed by atoms with van der Waals surface area (Å²) < 4.78 is 34.4. The van der Waals surface area contributed by atoms with Crippen molar-refractivity contribution in [1.29, 1.82) is 0 Å². The van der Waals surface area contributed by atoms with Gasteiger partial charge in [-0.05, 0) is 31.3 Å². The van der Waals surface area contributed by atoms with Gasteiger partial charge in [-0.3, -0.25) is 4.99 Å². The first kappa shape index (κ1) is 20.4. The number of nitrogens with one attached hydrogen (secondary N) is 1. The predicted molar refractivity (Wildman–Crippen MR) is 117 cm³/mol. The van der Waals surface area contributed by atoms with Crippen LogP contribution in [0.15, 0.2) is 41.4 Å². The second-order valence-corrected chi connectivity index (χ2v) is 7.58. The molecule has 2 aromatic rings. The molecular formula is C22H27F2N5O. The molecule has 1 atom stereocenters. The van der Waals surface area contributed by atoms with Crippen molar-refractivity contribution in [1.82, 2.24) is 4.90 Å². The molecule has 1 N–H and O–H groups in total. The smallest absolute Gasteiger partial charge is 0.196 e. The standard InChI is InChI=1S/C22H27F2N5O/c1-27-11-13-28(14-12-27)16-7-8-19(20(15-16)30-2)26-22-25-9-4-10-29(22)21-17(23)5-3-6-18(21)24/h3,5-9,15,22,26H,4,10-14H2,1-2H3. The summed E-state index contributed by atoms with van der Waals surface area (Å²) in [6.45, 7) is 4.41. The van der Waals surface area contributed by atoms with E-state index in [1.807, 2.05) is 18.2 Å². The molecule has 0 aromatic heterocycles. The Morgan fingerprint density at radius 1 is 1.03 bits per heavy atom. The predicted octanol–water partition coefficient (Wildman–Crippen LogP) is 3.40. The fourth-order valence-corrected chi connectivity index (χ4v) is 3.89. The Morgan fingerprint density at radius 3 is 2.47 bits per heavy atom. The van der Waals surface area contributed by atoms with Gasteiger partial charge in [0, 0.05) is 57.1 Å². The number of hydrogen-bond acceptors (Lipinski definition) is 6. The van der Waals surface area contributed by atoms with Crippen LogP contribution >= 0.6 is 0 Å². The van der Waals surface area contributed by atoms with E-state index in [1.54, 1.807) is 18.2 Å². The zero-order chi connectivity index (χ0) is 21.1. The lowest BCUT2D eigenvalue weighted by molar-refractivity contribution is 0.312. The van der Waals surface area contributed by atoms with E-state index in [1.165, 1.54) is 18.2 Å². The van der Waals surface area contributed by atoms with E-state index in [0.717, 1.165) is 37.6 Å². The molecule has 2 heterocycles. The highest BCUT2D eigenvalue weighted by atomic mass is 19.1. The van der Waals surface area contributed by atoms with Crippen LogP contribution < -0.4 is 19.9 Å². The largest absolute Gasteiger partial charge is 0.495 e. The minimum Gasteiger partial charge on any atom is -0.495 e. The minimum absolute atomic E-state index is 0.0696. The molecule has 8 heteroatoms. The molecule has 0 saturated carbocycles. The quantitative estimate of drug-likeness (QED) is 0.811. The molecule has 2 aliphatic rings. The van der Waals surface area contributed by atoms with E-state index in [9.17, 15) is 8.78 Å². The van der Waals surface area contributed by atoms with Crippen molar-refractivity contribution in [2.45, 2.75) is 12.7 Å². The van der Waals surface area contributed by atoms with E-state index < -0.39 is 17.9 Å². The van der Waals surface area contributed by atoms with Gasteiger partial charge in [0.1, 0.15) is 23.1 Å². The second kappa shape index (κ2) is 8.87. The third kappa shape index (κ3) is 4.18. The maximum Gasteiger partial charge on any atom is 0.196 e. The van der Waals surface area contributed by atoms with Crippen LogP contribution in [0.4, 0.5) is 25.8 Å². The number of rotatable bonds is 5. The summed E-state index contributed by atoms with van der Waals surface area (Å²) in [5, 5.41) is 3.28. The number of anilines is 3. The second-order valence-electron chi connectivity index (χ2n) is 7.58. The Kier molecular flexibility index (Phi) is 6.03. The van der Waals surface area contributed by atoms with Crippen molar-refractivity contribution < 1.29 is 13.5 Å². The van der Waals surface area contributed by atoms with Gasteiger partial charge in [-0.25, -0.2) is 8.78 Å². The van der Waals surface area contributed by atoms with E-state index in [2.05, 4.69) is 27.2 Å². The van der Waals surface area contributed by atoms with Crippen LogP contribution in [-0.4, -0.2) is 64.3 Å². The zero-order valence-electron chi connectivity index (χ0n) is 17.3. The van der Waals surface area contributed by atoms with E-state index in [-0.39, 0.29) is 5.69 Å². The average Bonchev–Trinajstić information content (AvgIpc) is 2.75. The SMILES string of the molecule is COc1cc(N2CCN(C)CC2)ccc1NC1N=CCCN1c1c(F)cccc1F. The monoisotopic (exact) mass is 415 g/mol. The summed E-state index contributed by atoms with van der Waals surface area (Å²) >= 11 is 0. The number of ether oxygens (including phenoxy) is 1. The number of piperazine rings is 1. The van der Waals surface area contributed by atoms with Gasteiger partial charge in [-0.1, -0.05) is 6.07 Å². The number of benzene rings is 2. The molecule has 1 saturated heterocycles. The Bertz CT molecular complexity index is 894. The zero-order valence-corrected chi connectivity index (χ0v) is 17.3. The summed E-state index contributed by atoms with van der Waals surface area (Å²) in [4.78, 5) is 10.7. The van der Waals surface area contributed by atoms with Gasteiger partial charge in [-0.15, -0.1) is 0 Å². The van der Waals surface area contributed by atoms with Crippen molar-refractivity contribution in [2.75, 3.05) is 62.0 Å². The van der Waals surface area contributed by atoms with Gasteiger partial charge in [-0.2, -0.15) is 0 Å². The van der Waals surface area contributed by atoms with Crippen LogP contribution in [0, 0.1) is 11.6 Å². The van der Waals surface area contributed by atoms with Crippen molar-refractivity contribution in [3.63, 3.8) is 0 Å². The van der Waals surface area contributed by atoms with Crippen LogP contribution in [0.1, 0.15) is 6.42 Å². The van der Waals surface area contributed by atoms with Crippen LogP contribution in [0.2, 0.25) is 0 Å². The number of nitrogens with zero attached hydrogens (tertiary/aromatic N) is 4. The summed E-state index contributed by atoms with van der Waals surface area (Å²) in [5.41, 5.74) is 1.75. The highest BCUT2D eigenvalue weighted by Gasteiger charge is 2.26. The Hall–Kier alpha value is -2.87. The first-order valence-electron chi connectivity index (χ1n) is 10.2. The van der Waals surface area contributed by atoms with Gasteiger partial charge >= 0.3 is 0 Å². The molecular weight excluding hydrogens is 388 g/mol. The molecule has 2 aromatic carbocycles. The van der Waals surface area contributed by atoms with Gasteiger partial charge in [0.2, 0.25) is 0 Å². The molecule has 2 aliphatic heterocycles. The van der Waals surface area contributed by atoms with Crippen molar-refractivity contribution in [3.05, 3.63) is 48.0 Å².